The van der Waals surface area contributed by atoms with Gasteiger partial charge in [0.2, 0.25) is 4.80 Å². The number of nitrogens with two attached hydrogens (primary N) is 1. The van der Waals surface area contributed by atoms with Crippen LogP contribution in [-0.4, -0.2) is 29.3 Å². The normalized spacial score (nSPS) is 13.4. The largest absolute Gasteiger partial charge is 0.573 e. The van der Waals surface area contributed by atoms with Gasteiger partial charge in [-0.3, -0.25) is 4.57 Å². The molecule has 42 heavy (non-hydrogen) atoms. The molecular formula is C27H19ClF6N6OS. The maximum absolute atomic E-state index is 13.7. The number of aromatic nitrogens is 1. The molecule has 2 N–H and O–H groups in total. The average Bonchev–Trinajstić information content (AvgIpc) is 3.28. The first-order valence-corrected chi connectivity index (χ1v) is 13.0. The number of thiazole rings is 1. The Balaban J connectivity index is 1.48. The smallest absolute Gasteiger partial charge is 0.406 e. The molecule has 0 aliphatic heterocycles. The standard InChI is InChI=1S/C27H19ClF6N6OS/c1-16-14-42-25(40(16)23-21(26(29,30)31)3-2-4-22(23)28)39-38-13-17-5-7-18(8-6-17)24(35)37-15-36-19-9-11-20(12-10-19)41-27(32,33)34/h2-15H,1H3,(H2,35,36,37)/b38-13+,39-25-. The second-order valence-electron chi connectivity index (χ2n) is 8.40. The second-order valence-corrected chi connectivity index (χ2v) is 9.64. The van der Waals surface area contributed by atoms with Crippen LogP contribution in [0.15, 0.2) is 92.3 Å². The highest BCUT2D eigenvalue weighted by atomic mass is 35.5. The summed E-state index contributed by atoms with van der Waals surface area (Å²) in [4.78, 5) is 8.23. The summed E-state index contributed by atoms with van der Waals surface area (Å²) in [5.41, 5.74) is 6.87. The molecule has 0 atom stereocenters. The van der Waals surface area contributed by atoms with Crippen molar-refractivity contribution in [3.63, 3.8) is 0 Å². The highest BCUT2D eigenvalue weighted by Crippen LogP contribution is 2.37. The summed E-state index contributed by atoms with van der Waals surface area (Å²) in [5, 5.41) is 9.71. The first-order valence-electron chi connectivity index (χ1n) is 11.7. The van der Waals surface area contributed by atoms with Crippen molar-refractivity contribution in [3.05, 3.63) is 104 Å². The van der Waals surface area contributed by atoms with Gasteiger partial charge in [-0.15, -0.1) is 29.6 Å². The van der Waals surface area contributed by atoms with Crippen LogP contribution in [0.2, 0.25) is 5.02 Å². The number of nitrogens with zero attached hydrogens (tertiary/aromatic N) is 5. The van der Waals surface area contributed by atoms with Crippen molar-refractivity contribution in [2.75, 3.05) is 0 Å². The molecule has 4 rings (SSSR count). The predicted octanol–water partition coefficient (Wildman–Crippen LogP) is 7.42. The number of ether oxygens (including phenoxy) is 1. The second kappa shape index (κ2) is 12.6. The summed E-state index contributed by atoms with van der Waals surface area (Å²) >= 11 is 7.28. The number of alkyl halides is 6. The van der Waals surface area contributed by atoms with E-state index in [0.29, 0.717) is 22.5 Å². The molecule has 7 nitrogen and oxygen atoms in total. The van der Waals surface area contributed by atoms with Crippen LogP contribution in [0.5, 0.6) is 5.75 Å². The van der Waals surface area contributed by atoms with Crippen molar-refractivity contribution in [3.8, 4) is 11.4 Å². The van der Waals surface area contributed by atoms with Crippen molar-refractivity contribution < 1.29 is 31.1 Å². The minimum atomic E-state index is -4.78. The van der Waals surface area contributed by atoms with Gasteiger partial charge in [-0.2, -0.15) is 18.3 Å². The number of aliphatic imine (C=N–C) groups is 2. The van der Waals surface area contributed by atoms with Crippen LogP contribution >= 0.6 is 22.9 Å². The Bertz CT molecular complexity index is 1710. The zero-order valence-corrected chi connectivity index (χ0v) is 22.9. The number of para-hydroxylation sites is 1. The van der Waals surface area contributed by atoms with Gasteiger partial charge in [0.05, 0.1) is 28.2 Å². The SMILES string of the molecule is Cc1cs/c(=N\N=C\c2ccc(C(N)=NC=Nc3ccc(OC(F)(F)F)cc3)cc2)n1-c1c(Cl)cccc1C(F)(F)F. The van der Waals surface area contributed by atoms with E-state index in [1.165, 1.54) is 35.0 Å². The fourth-order valence-electron chi connectivity index (χ4n) is 3.56. The third kappa shape index (κ3) is 7.85. The van der Waals surface area contributed by atoms with Crippen molar-refractivity contribution >= 4 is 47.0 Å². The molecule has 0 amide bonds. The molecule has 1 aromatic heterocycles. The van der Waals surface area contributed by atoms with E-state index in [1.807, 2.05) is 0 Å². The van der Waals surface area contributed by atoms with Crippen LogP contribution in [0.1, 0.15) is 22.4 Å². The van der Waals surface area contributed by atoms with Crippen molar-refractivity contribution in [1.29, 1.82) is 0 Å². The van der Waals surface area contributed by atoms with Crippen LogP contribution in [0, 0.1) is 6.92 Å². The molecular weight excluding hydrogens is 606 g/mol. The number of hydrogen-bond acceptors (Lipinski definition) is 5. The third-order valence-electron chi connectivity index (χ3n) is 5.43. The highest BCUT2D eigenvalue weighted by molar-refractivity contribution is 7.07. The fourth-order valence-corrected chi connectivity index (χ4v) is 4.63. The first-order chi connectivity index (χ1) is 19.8. The molecule has 0 aliphatic carbocycles. The average molecular weight is 625 g/mol. The van der Waals surface area contributed by atoms with Crippen LogP contribution in [0.4, 0.5) is 32.0 Å². The number of halogens is 7. The lowest BCUT2D eigenvalue weighted by Gasteiger charge is -2.16. The molecule has 218 valence electrons. The molecule has 0 aliphatic rings. The quantitative estimate of drug-likeness (QED) is 0.100. The Morgan fingerprint density at radius 3 is 2.31 bits per heavy atom. The predicted molar refractivity (Wildman–Crippen MR) is 150 cm³/mol. The van der Waals surface area contributed by atoms with E-state index >= 15 is 0 Å². The maximum Gasteiger partial charge on any atom is 0.573 e. The number of aryl methyl sites for hydroxylation is 1. The van der Waals surface area contributed by atoms with Crippen LogP contribution in [-0.2, 0) is 6.18 Å². The summed E-state index contributed by atoms with van der Waals surface area (Å²) in [6.45, 7) is 1.64. The maximum atomic E-state index is 13.7. The minimum Gasteiger partial charge on any atom is -0.406 e. The molecule has 0 saturated heterocycles. The monoisotopic (exact) mass is 624 g/mol. The molecule has 0 radical (unpaired) electrons. The van der Waals surface area contributed by atoms with Gasteiger partial charge in [0.25, 0.3) is 0 Å². The zero-order chi connectivity index (χ0) is 30.5. The molecule has 0 spiro atoms. The van der Waals surface area contributed by atoms with Crippen molar-refractivity contribution in [2.45, 2.75) is 19.5 Å². The first kappa shape index (κ1) is 30.5. The van der Waals surface area contributed by atoms with E-state index in [2.05, 4.69) is 24.9 Å². The molecule has 4 aromatic rings. The molecule has 3 aromatic carbocycles. The van der Waals surface area contributed by atoms with Gasteiger partial charge < -0.3 is 10.5 Å². The van der Waals surface area contributed by atoms with Gasteiger partial charge in [-0.05, 0) is 48.9 Å². The van der Waals surface area contributed by atoms with Gasteiger partial charge in [-0.25, -0.2) is 9.98 Å². The van der Waals surface area contributed by atoms with Gasteiger partial charge in [0.15, 0.2) is 0 Å². The molecule has 1 heterocycles. The van der Waals surface area contributed by atoms with E-state index in [0.717, 1.165) is 35.9 Å². The lowest BCUT2D eigenvalue weighted by Crippen LogP contribution is -2.19. The summed E-state index contributed by atoms with van der Waals surface area (Å²) in [6.07, 6.45) is -6.83. The van der Waals surface area contributed by atoms with Crippen LogP contribution in [0.3, 0.4) is 0 Å². The Labute approximate surface area is 243 Å². The summed E-state index contributed by atoms with van der Waals surface area (Å²) in [7, 11) is 0. The molecule has 0 unspecified atom stereocenters. The Morgan fingerprint density at radius 2 is 1.67 bits per heavy atom. The lowest BCUT2D eigenvalue weighted by molar-refractivity contribution is -0.274. The van der Waals surface area contributed by atoms with E-state index in [-0.39, 0.29) is 27.1 Å². The molecule has 15 heteroatoms. The lowest BCUT2D eigenvalue weighted by atomic mass is 10.1. The summed E-state index contributed by atoms with van der Waals surface area (Å²) in [6, 6.07) is 15.1. The molecule has 0 bridgehead atoms. The Morgan fingerprint density at radius 1 is 0.976 bits per heavy atom. The summed E-state index contributed by atoms with van der Waals surface area (Å²) in [5.74, 6) is -0.249. The number of benzene rings is 3. The van der Waals surface area contributed by atoms with E-state index < -0.39 is 18.1 Å². The fraction of sp³-hybridized carbons (Fsp3) is 0.111. The topological polar surface area (TPSA) is 89.6 Å². The summed E-state index contributed by atoms with van der Waals surface area (Å²) < 4.78 is 82.8. The number of hydrogen-bond donors (Lipinski definition) is 1. The van der Waals surface area contributed by atoms with Gasteiger partial charge in [0, 0.05) is 16.6 Å². The minimum absolute atomic E-state index is 0.0786. The van der Waals surface area contributed by atoms with E-state index in [1.54, 1.807) is 36.6 Å². The highest BCUT2D eigenvalue weighted by Gasteiger charge is 2.35. The third-order valence-corrected chi connectivity index (χ3v) is 6.66. The van der Waals surface area contributed by atoms with Crippen molar-refractivity contribution in [2.24, 2.45) is 25.9 Å². The van der Waals surface area contributed by atoms with Crippen LogP contribution < -0.4 is 15.3 Å². The molecule has 0 saturated carbocycles. The number of amidine groups is 1. The Kier molecular flexibility index (Phi) is 9.17. The van der Waals surface area contributed by atoms with Crippen LogP contribution in [0.25, 0.3) is 5.69 Å². The van der Waals surface area contributed by atoms with Gasteiger partial charge in [0.1, 0.15) is 17.9 Å². The van der Waals surface area contributed by atoms with E-state index in [9.17, 15) is 26.3 Å². The van der Waals surface area contributed by atoms with E-state index in [4.69, 9.17) is 17.3 Å². The van der Waals surface area contributed by atoms with Gasteiger partial charge >= 0.3 is 12.5 Å². The Hall–Kier alpha value is -4.43. The van der Waals surface area contributed by atoms with Crippen molar-refractivity contribution in [1.82, 2.24) is 4.57 Å². The zero-order valence-electron chi connectivity index (χ0n) is 21.4. The molecule has 0 fully saturated rings. The van der Waals surface area contributed by atoms with Gasteiger partial charge in [-0.1, -0.05) is 41.9 Å². The number of rotatable bonds is 7.